The monoisotopic (exact) mass is 357 g/mol. The van der Waals surface area contributed by atoms with E-state index < -0.39 is 12.2 Å². The van der Waals surface area contributed by atoms with E-state index in [1.54, 1.807) is 0 Å². The molecule has 3 heterocycles. The van der Waals surface area contributed by atoms with Crippen LogP contribution in [-0.4, -0.2) is 71.7 Å². The second-order valence-corrected chi connectivity index (χ2v) is 7.50. The van der Waals surface area contributed by atoms with Gasteiger partial charge in [0.05, 0.1) is 30.9 Å². The van der Waals surface area contributed by atoms with Gasteiger partial charge in [-0.05, 0) is 24.6 Å². The molecule has 2 fully saturated rings. The molecule has 0 spiro atoms. The average Bonchev–Trinajstić information content (AvgIpc) is 2.61. The van der Waals surface area contributed by atoms with E-state index in [0.29, 0.717) is 39.3 Å². The normalized spacial score (nSPS) is 25.0. The summed E-state index contributed by atoms with van der Waals surface area (Å²) in [5.41, 5.74) is 3.35. The first kappa shape index (κ1) is 17.7. The van der Waals surface area contributed by atoms with E-state index in [1.807, 2.05) is 0 Å². The molecular weight excluding hydrogens is 330 g/mol. The summed E-state index contributed by atoms with van der Waals surface area (Å²) in [6, 6.07) is 8.55. The number of likely N-dealkylation sites (tertiary alicyclic amines) is 1. The fourth-order valence-electron chi connectivity index (χ4n) is 3.98. The number of nitrogens with zero attached hydrogens (tertiary/aromatic N) is 3. The van der Waals surface area contributed by atoms with Crippen molar-refractivity contribution in [3.63, 3.8) is 0 Å². The second-order valence-electron chi connectivity index (χ2n) is 7.50. The maximum Gasteiger partial charge on any atom is 0.133 e. The molecule has 0 unspecified atom stereocenters. The van der Waals surface area contributed by atoms with Crippen LogP contribution in [0.2, 0.25) is 0 Å². The lowest BCUT2D eigenvalue weighted by molar-refractivity contribution is -0.0110. The zero-order chi connectivity index (χ0) is 18.1. The smallest absolute Gasteiger partial charge is 0.133 e. The highest BCUT2D eigenvalue weighted by atomic mass is 16.5. The summed E-state index contributed by atoms with van der Waals surface area (Å²) in [5, 5.41) is 21.1. The molecule has 2 N–H and O–H groups in total. The van der Waals surface area contributed by atoms with Crippen LogP contribution in [-0.2, 0) is 11.3 Å². The quantitative estimate of drug-likeness (QED) is 0.863. The molecule has 2 aromatic rings. The summed E-state index contributed by atoms with van der Waals surface area (Å²) in [5.74, 6) is 1.00. The zero-order valence-electron chi connectivity index (χ0n) is 15.3. The summed E-state index contributed by atoms with van der Waals surface area (Å²) in [4.78, 5) is 9.40. The molecule has 2 aliphatic rings. The van der Waals surface area contributed by atoms with Gasteiger partial charge < -0.3 is 19.8 Å². The molecule has 2 saturated heterocycles. The van der Waals surface area contributed by atoms with Crippen LogP contribution >= 0.6 is 0 Å². The summed E-state index contributed by atoms with van der Waals surface area (Å²) in [7, 11) is 0. The van der Waals surface area contributed by atoms with Crippen molar-refractivity contribution in [3.05, 3.63) is 35.4 Å². The van der Waals surface area contributed by atoms with Crippen LogP contribution < -0.4 is 4.90 Å². The molecule has 140 valence electrons. The number of aromatic nitrogens is 1. The van der Waals surface area contributed by atoms with Gasteiger partial charge in [-0.1, -0.05) is 12.1 Å². The Morgan fingerprint density at radius 1 is 1.12 bits per heavy atom. The van der Waals surface area contributed by atoms with E-state index in [2.05, 4.69) is 41.0 Å². The number of ether oxygens (including phenoxy) is 1. The average molecular weight is 357 g/mol. The van der Waals surface area contributed by atoms with Gasteiger partial charge in [-0.2, -0.15) is 0 Å². The van der Waals surface area contributed by atoms with Crippen LogP contribution in [0.15, 0.2) is 24.3 Å². The van der Waals surface area contributed by atoms with Gasteiger partial charge in [0.1, 0.15) is 5.82 Å². The minimum absolute atomic E-state index is 0.460. The number of aliphatic hydroxyl groups is 2. The number of fused-ring (bicyclic) bond motifs is 1. The summed E-state index contributed by atoms with van der Waals surface area (Å²) in [6.07, 6.45) is -0.481. The van der Waals surface area contributed by atoms with E-state index >= 15 is 0 Å². The van der Waals surface area contributed by atoms with Gasteiger partial charge >= 0.3 is 0 Å². The topological polar surface area (TPSA) is 69.1 Å². The summed E-state index contributed by atoms with van der Waals surface area (Å²) < 4.78 is 5.50. The predicted octanol–water partition coefficient (Wildman–Crippen LogP) is 1.31. The van der Waals surface area contributed by atoms with Crippen molar-refractivity contribution in [2.24, 2.45) is 0 Å². The molecule has 4 rings (SSSR count). The van der Waals surface area contributed by atoms with E-state index in [1.165, 1.54) is 5.56 Å². The molecule has 6 nitrogen and oxygen atoms in total. The van der Waals surface area contributed by atoms with Crippen molar-refractivity contribution in [1.82, 2.24) is 9.88 Å². The standard InChI is InChI=1S/C20H27N3O3/c1-14-2-3-15-9-16(11-22-12-17(24)10-18(25)13-22)20(21-19(15)8-14)23-4-6-26-7-5-23/h2-3,8-9,17-18,24-25H,4-7,10-13H2,1H3/t17-,18-/m1/s1. The molecule has 0 amide bonds. The molecule has 0 aliphatic carbocycles. The van der Waals surface area contributed by atoms with Gasteiger partial charge in [-0.25, -0.2) is 4.98 Å². The Morgan fingerprint density at radius 2 is 1.85 bits per heavy atom. The van der Waals surface area contributed by atoms with Crippen LogP contribution in [0.3, 0.4) is 0 Å². The lowest BCUT2D eigenvalue weighted by Gasteiger charge is -2.35. The third kappa shape index (κ3) is 3.83. The van der Waals surface area contributed by atoms with Gasteiger partial charge in [0, 0.05) is 50.1 Å². The number of piperidine rings is 1. The number of hydrogen-bond acceptors (Lipinski definition) is 6. The summed E-state index contributed by atoms with van der Waals surface area (Å²) >= 11 is 0. The molecule has 0 radical (unpaired) electrons. The van der Waals surface area contributed by atoms with E-state index in [4.69, 9.17) is 9.72 Å². The lowest BCUT2D eigenvalue weighted by Crippen LogP contribution is -2.45. The van der Waals surface area contributed by atoms with Crippen LogP contribution in [0.4, 0.5) is 5.82 Å². The number of aryl methyl sites for hydroxylation is 1. The van der Waals surface area contributed by atoms with E-state index in [0.717, 1.165) is 35.4 Å². The highest BCUT2D eigenvalue weighted by Crippen LogP contribution is 2.27. The Bertz CT molecular complexity index is 766. The Morgan fingerprint density at radius 3 is 2.58 bits per heavy atom. The Kier molecular flexibility index (Phi) is 5.09. The number of rotatable bonds is 3. The summed E-state index contributed by atoms with van der Waals surface area (Å²) in [6.45, 7) is 7.04. The number of morpholine rings is 1. The Balaban J connectivity index is 1.69. The molecule has 6 heteroatoms. The van der Waals surface area contributed by atoms with Gasteiger partial charge in [0.15, 0.2) is 0 Å². The fraction of sp³-hybridized carbons (Fsp3) is 0.550. The molecule has 2 aliphatic heterocycles. The number of hydrogen-bond donors (Lipinski definition) is 2. The van der Waals surface area contributed by atoms with Crippen LogP contribution in [0.25, 0.3) is 10.9 Å². The third-order valence-corrected chi connectivity index (χ3v) is 5.22. The van der Waals surface area contributed by atoms with Crippen molar-refractivity contribution in [3.8, 4) is 0 Å². The SMILES string of the molecule is Cc1ccc2cc(CN3C[C@H](O)C[C@@H](O)C3)c(N3CCOCC3)nc2c1. The fourth-order valence-corrected chi connectivity index (χ4v) is 3.98. The minimum Gasteiger partial charge on any atom is -0.392 e. The Labute approximate surface area is 154 Å². The van der Waals surface area contributed by atoms with Crippen LogP contribution in [0.1, 0.15) is 17.5 Å². The van der Waals surface area contributed by atoms with Crippen LogP contribution in [0, 0.1) is 6.92 Å². The highest BCUT2D eigenvalue weighted by molar-refractivity contribution is 5.82. The molecule has 1 aromatic carbocycles. The van der Waals surface area contributed by atoms with Crippen molar-refractivity contribution < 1.29 is 14.9 Å². The van der Waals surface area contributed by atoms with Gasteiger partial charge in [-0.15, -0.1) is 0 Å². The maximum atomic E-state index is 10.0. The number of β-amino-alcohol motifs (C(OH)–C–C–N with tert-alkyl or cyclic N) is 2. The number of benzene rings is 1. The van der Waals surface area contributed by atoms with Crippen molar-refractivity contribution in [1.29, 1.82) is 0 Å². The lowest BCUT2D eigenvalue weighted by atomic mass is 10.0. The molecule has 1 aromatic heterocycles. The maximum absolute atomic E-state index is 10.0. The molecular formula is C20H27N3O3. The van der Waals surface area contributed by atoms with Gasteiger partial charge in [0.2, 0.25) is 0 Å². The molecule has 2 atom stereocenters. The van der Waals surface area contributed by atoms with Crippen LogP contribution in [0.5, 0.6) is 0 Å². The Hall–Kier alpha value is -1.73. The molecule has 0 bridgehead atoms. The number of pyridine rings is 1. The first-order chi connectivity index (χ1) is 12.6. The second kappa shape index (κ2) is 7.48. The zero-order valence-corrected chi connectivity index (χ0v) is 15.3. The highest BCUT2D eigenvalue weighted by Gasteiger charge is 2.26. The van der Waals surface area contributed by atoms with E-state index in [9.17, 15) is 10.2 Å². The first-order valence-corrected chi connectivity index (χ1v) is 9.40. The number of anilines is 1. The van der Waals surface area contributed by atoms with E-state index in [-0.39, 0.29) is 0 Å². The van der Waals surface area contributed by atoms with Crippen molar-refractivity contribution >= 4 is 16.7 Å². The minimum atomic E-state index is -0.471. The van der Waals surface area contributed by atoms with Crippen molar-refractivity contribution in [2.45, 2.75) is 32.1 Å². The predicted molar refractivity (Wildman–Crippen MR) is 101 cm³/mol. The molecule has 0 saturated carbocycles. The largest absolute Gasteiger partial charge is 0.392 e. The molecule has 26 heavy (non-hydrogen) atoms. The van der Waals surface area contributed by atoms with Crippen molar-refractivity contribution in [2.75, 3.05) is 44.3 Å². The number of aliphatic hydroxyl groups excluding tert-OH is 2. The first-order valence-electron chi connectivity index (χ1n) is 9.40. The third-order valence-electron chi connectivity index (χ3n) is 5.22. The van der Waals surface area contributed by atoms with Gasteiger partial charge in [0.25, 0.3) is 0 Å². The van der Waals surface area contributed by atoms with Gasteiger partial charge in [-0.3, -0.25) is 4.90 Å².